The quantitative estimate of drug-likeness (QED) is 0.791. The van der Waals surface area contributed by atoms with Gasteiger partial charge in [-0.15, -0.1) is 0 Å². The maximum absolute atomic E-state index is 12.9. The van der Waals surface area contributed by atoms with E-state index in [1.54, 1.807) is 0 Å². The lowest BCUT2D eigenvalue weighted by Crippen LogP contribution is -2.49. The first-order valence-corrected chi connectivity index (χ1v) is 9.42. The molecule has 2 aliphatic carbocycles. The summed E-state index contributed by atoms with van der Waals surface area (Å²) in [5, 5.41) is 0. The average Bonchev–Trinajstić information content (AvgIpc) is 3.36. The van der Waals surface area contributed by atoms with E-state index in [1.807, 2.05) is 0 Å². The van der Waals surface area contributed by atoms with Gasteiger partial charge in [-0.3, -0.25) is 4.79 Å². The molecule has 5 rings (SSSR count). The van der Waals surface area contributed by atoms with E-state index in [-0.39, 0.29) is 17.4 Å². The lowest BCUT2D eigenvalue weighted by atomic mass is 9.71. The summed E-state index contributed by atoms with van der Waals surface area (Å²) >= 11 is 0. The zero-order valence-corrected chi connectivity index (χ0v) is 14.3. The van der Waals surface area contributed by atoms with Crippen LogP contribution in [0.2, 0.25) is 0 Å². The molecular formula is C20H25NO3. The maximum atomic E-state index is 12.9. The maximum Gasteiger partial charge on any atom is 0.226 e. The molecule has 1 atom stereocenters. The van der Waals surface area contributed by atoms with Crippen molar-refractivity contribution in [2.24, 2.45) is 5.92 Å². The van der Waals surface area contributed by atoms with Gasteiger partial charge in [0.25, 0.3) is 0 Å². The topological polar surface area (TPSA) is 38.8 Å². The number of benzene rings is 1. The molecule has 4 heteroatoms. The molecule has 2 aliphatic heterocycles. The molecule has 1 unspecified atom stereocenters. The summed E-state index contributed by atoms with van der Waals surface area (Å²) in [5.74, 6) is 2.39. The molecule has 1 amide bonds. The van der Waals surface area contributed by atoms with Crippen molar-refractivity contribution in [3.8, 4) is 11.5 Å². The van der Waals surface area contributed by atoms with Crippen molar-refractivity contribution in [3.05, 3.63) is 23.3 Å². The Morgan fingerprint density at radius 1 is 1.12 bits per heavy atom. The van der Waals surface area contributed by atoms with Crippen LogP contribution in [0.15, 0.2) is 12.1 Å². The van der Waals surface area contributed by atoms with E-state index in [0.717, 1.165) is 30.9 Å². The first kappa shape index (κ1) is 14.6. The van der Waals surface area contributed by atoms with E-state index in [9.17, 15) is 4.79 Å². The summed E-state index contributed by atoms with van der Waals surface area (Å²) in [6.45, 7) is 4.30. The van der Waals surface area contributed by atoms with Crippen LogP contribution in [-0.2, 0) is 10.2 Å². The van der Waals surface area contributed by atoms with E-state index in [1.165, 1.54) is 36.8 Å². The van der Waals surface area contributed by atoms with Gasteiger partial charge >= 0.3 is 0 Å². The molecule has 2 heterocycles. The van der Waals surface area contributed by atoms with Crippen LogP contribution in [0.25, 0.3) is 0 Å². The van der Waals surface area contributed by atoms with Gasteiger partial charge in [-0.05, 0) is 55.9 Å². The molecule has 0 aromatic heterocycles. The summed E-state index contributed by atoms with van der Waals surface area (Å²) in [4.78, 5) is 15.0. The minimum atomic E-state index is 0.127. The third-order valence-corrected chi connectivity index (χ3v) is 6.45. The van der Waals surface area contributed by atoms with E-state index in [0.29, 0.717) is 19.1 Å². The Kier molecular flexibility index (Phi) is 3.13. The Bertz CT molecular complexity index is 688. The molecule has 2 fully saturated rings. The molecule has 4 aliphatic rings. The van der Waals surface area contributed by atoms with Crippen molar-refractivity contribution in [2.75, 3.05) is 19.8 Å². The Morgan fingerprint density at radius 2 is 1.79 bits per heavy atom. The predicted octanol–water partition coefficient (Wildman–Crippen LogP) is 3.58. The Labute approximate surface area is 143 Å². The fourth-order valence-corrected chi connectivity index (χ4v) is 4.94. The first-order chi connectivity index (χ1) is 11.7. The Hall–Kier alpha value is -1.71. The minimum Gasteiger partial charge on any atom is -0.486 e. The first-order valence-electron chi connectivity index (χ1n) is 9.42. The highest BCUT2D eigenvalue weighted by Gasteiger charge is 2.48. The predicted molar refractivity (Wildman–Crippen MR) is 90.4 cm³/mol. The largest absolute Gasteiger partial charge is 0.486 e. The van der Waals surface area contributed by atoms with Crippen LogP contribution in [0.3, 0.4) is 0 Å². The number of ether oxygens (including phenoxy) is 2. The minimum absolute atomic E-state index is 0.127. The number of fused-ring (bicyclic) bond motifs is 3. The smallest absolute Gasteiger partial charge is 0.226 e. The zero-order valence-electron chi connectivity index (χ0n) is 14.3. The number of carbonyl (C=O) groups is 1. The van der Waals surface area contributed by atoms with Gasteiger partial charge in [-0.25, -0.2) is 0 Å². The third-order valence-electron chi connectivity index (χ3n) is 6.45. The van der Waals surface area contributed by atoms with Crippen LogP contribution in [0.4, 0.5) is 0 Å². The summed E-state index contributed by atoms with van der Waals surface area (Å²) < 4.78 is 11.7. The summed E-state index contributed by atoms with van der Waals surface area (Å²) in [7, 11) is 0. The van der Waals surface area contributed by atoms with Crippen molar-refractivity contribution in [3.63, 3.8) is 0 Å². The number of carbonyl (C=O) groups excluding carboxylic acids is 1. The Balaban J connectivity index is 1.63. The number of rotatable bonds is 1. The number of nitrogens with zero attached hydrogens (tertiary/aromatic N) is 1. The van der Waals surface area contributed by atoms with Crippen molar-refractivity contribution in [1.29, 1.82) is 0 Å². The van der Waals surface area contributed by atoms with Gasteiger partial charge in [0.2, 0.25) is 5.91 Å². The van der Waals surface area contributed by atoms with E-state index >= 15 is 0 Å². The molecule has 1 aromatic rings. The van der Waals surface area contributed by atoms with Gasteiger partial charge in [0.1, 0.15) is 13.2 Å². The van der Waals surface area contributed by atoms with Crippen LogP contribution in [-0.4, -0.2) is 30.6 Å². The molecule has 0 radical (unpaired) electrons. The molecule has 0 saturated heterocycles. The second-order valence-electron chi connectivity index (χ2n) is 7.99. The van der Waals surface area contributed by atoms with Crippen LogP contribution >= 0.6 is 0 Å². The second-order valence-corrected chi connectivity index (χ2v) is 7.99. The lowest BCUT2D eigenvalue weighted by molar-refractivity contribution is -0.136. The molecule has 0 bridgehead atoms. The third kappa shape index (κ3) is 2.08. The lowest BCUT2D eigenvalue weighted by Gasteiger charge is -2.46. The molecular weight excluding hydrogens is 302 g/mol. The highest BCUT2D eigenvalue weighted by Crippen LogP contribution is 2.52. The van der Waals surface area contributed by atoms with Gasteiger partial charge < -0.3 is 14.4 Å². The number of hydrogen-bond donors (Lipinski definition) is 0. The van der Waals surface area contributed by atoms with Gasteiger partial charge in [-0.2, -0.15) is 0 Å². The monoisotopic (exact) mass is 327 g/mol. The fourth-order valence-electron chi connectivity index (χ4n) is 4.94. The summed E-state index contributed by atoms with van der Waals surface area (Å²) in [5.41, 5.74) is 2.82. The van der Waals surface area contributed by atoms with E-state index in [2.05, 4.69) is 24.0 Å². The molecule has 2 saturated carbocycles. The van der Waals surface area contributed by atoms with Gasteiger partial charge in [0, 0.05) is 17.9 Å². The van der Waals surface area contributed by atoms with Gasteiger partial charge in [0.15, 0.2) is 11.5 Å². The van der Waals surface area contributed by atoms with Crippen LogP contribution in [0.1, 0.15) is 62.6 Å². The second kappa shape index (κ2) is 5.14. The molecule has 128 valence electrons. The fraction of sp³-hybridized carbons (Fsp3) is 0.650. The van der Waals surface area contributed by atoms with Crippen molar-refractivity contribution < 1.29 is 14.3 Å². The van der Waals surface area contributed by atoms with Crippen LogP contribution in [0.5, 0.6) is 11.5 Å². The van der Waals surface area contributed by atoms with Crippen LogP contribution < -0.4 is 9.47 Å². The molecule has 0 N–H and O–H groups in total. The summed E-state index contributed by atoms with van der Waals surface area (Å²) in [6, 6.07) is 4.51. The normalized spacial score (nSPS) is 27.2. The van der Waals surface area contributed by atoms with Gasteiger partial charge in [-0.1, -0.05) is 12.8 Å². The van der Waals surface area contributed by atoms with Crippen molar-refractivity contribution >= 4 is 5.91 Å². The highest BCUT2D eigenvalue weighted by molar-refractivity contribution is 5.82. The number of hydrogen-bond acceptors (Lipinski definition) is 3. The standard InChI is InChI=1S/C20H25NO3/c1-13-15-10-17-18(24-9-8-23-17)11-16(15)20(6-2-3-7-20)12-21(13)19(22)14-4-5-14/h10-11,13-14H,2-9,12H2,1H3. The van der Waals surface area contributed by atoms with E-state index < -0.39 is 0 Å². The Morgan fingerprint density at radius 3 is 2.46 bits per heavy atom. The zero-order chi connectivity index (χ0) is 16.3. The van der Waals surface area contributed by atoms with Crippen molar-refractivity contribution in [1.82, 2.24) is 4.90 Å². The summed E-state index contributed by atoms with van der Waals surface area (Å²) in [6.07, 6.45) is 7.02. The van der Waals surface area contributed by atoms with E-state index in [4.69, 9.17) is 9.47 Å². The molecule has 24 heavy (non-hydrogen) atoms. The SMILES string of the molecule is CC1c2cc3c(cc2C2(CCCC2)CN1C(=O)C1CC1)OCCO3. The average molecular weight is 327 g/mol. The number of amides is 1. The highest BCUT2D eigenvalue weighted by atomic mass is 16.6. The molecule has 1 spiro atoms. The van der Waals surface area contributed by atoms with Gasteiger partial charge in [0.05, 0.1) is 6.04 Å². The molecule has 4 nitrogen and oxygen atoms in total. The van der Waals surface area contributed by atoms with Crippen molar-refractivity contribution in [2.45, 2.75) is 56.9 Å². The van der Waals surface area contributed by atoms with Crippen LogP contribution in [0, 0.1) is 5.92 Å². The molecule has 1 aromatic carbocycles.